The molecule has 1 aliphatic rings. The Morgan fingerprint density at radius 3 is 2.65 bits per heavy atom. The molecule has 122 valence electrons. The minimum atomic E-state index is 0.592. The van der Waals surface area contributed by atoms with Gasteiger partial charge in [0, 0.05) is 13.1 Å². The highest BCUT2D eigenvalue weighted by Crippen LogP contribution is 2.22. The molecule has 0 aliphatic carbocycles. The molecule has 0 unspecified atom stereocenters. The third-order valence-electron chi connectivity index (χ3n) is 3.85. The van der Waals surface area contributed by atoms with Gasteiger partial charge in [0.15, 0.2) is 5.82 Å². The van der Waals surface area contributed by atoms with Crippen LogP contribution in [0.4, 0.5) is 5.69 Å². The SMILES string of the molecule is CCN1CCOCC1.Nc1cn[nH]c1-c1nc2ccccc2[nH]1. The number of rotatable bonds is 2. The van der Waals surface area contributed by atoms with E-state index in [4.69, 9.17) is 10.5 Å². The molecule has 23 heavy (non-hydrogen) atoms. The molecule has 1 aliphatic heterocycles. The van der Waals surface area contributed by atoms with Crippen LogP contribution in [0.15, 0.2) is 30.5 Å². The number of nitrogens with one attached hydrogen (secondary N) is 2. The summed E-state index contributed by atoms with van der Waals surface area (Å²) >= 11 is 0. The molecule has 1 aromatic carbocycles. The van der Waals surface area contributed by atoms with Crippen molar-refractivity contribution in [1.29, 1.82) is 0 Å². The molecule has 4 N–H and O–H groups in total. The molecular formula is C16H22N6O. The van der Waals surface area contributed by atoms with Gasteiger partial charge in [-0.25, -0.2) is 4.98 Å². The van der Waals surface area contributed by atoms with E-state index in [9.17, 15) is 0 Å². The van der Waals surface area contributed by atoms with E-state index in [1.807, 2.05) is 24.3 Å². The maximum absolute atomic E-state index is 5.74. The van der Waals surface area contributed by atoms with Crippen molar-refractivity contribution in [3.63, 3.8) is 0 Å². The summed E-state index contributed by atoms with van der Waals surface area (Å²) < 4.78 is 5.16. The van der Waals surface area contributed by atoms with E-state index in [-0.39, 0.29) is 0 Å². The fourth-order valence-corrected chi connectivity index (χ4v) is 2.47. The van der Waals surface area contributed by atoms with E-state index in [2.05, 4.69) is 32.0 Å². The number of nitrogens with zero attached hydrogens (tertiary/aromatic N) is 3. The van der Waals surface area contributed by atoms with Crippen LogP contribution in [0.2, 0.25) is 0 Å². The molecule has 0 saturated carbocycles. The van der Waals surface area contributed by atoms with Crippen molar-refractivity contribution in [2.75, 3.05) is 38.6 Å². The summed E-state index contributed by atoms with van der Waals surface area (Å²) in [4.78, 5) is 9.98. The molecule has 0 spiro atoms. The van der Waals surface area contributed by atoms with Gasteiger partial charge >= 0.3 is 0 Å². The number of benzene rings is 1. The smallest absolute Gasteiger partial charge is 0.158 e. The van der Waals surface area contributed by atoms with Crippen LogP contribution in [0.5, 0.6) is 0 Å². The van der Waals surface area contributed by atoms with Gasteiger partial charge in [0.2, 0.25) is 0 Å². The zero-order valence-corrected chi connectivity index (χ0v) is 13.2. The van der Waals surface area contributed by atoms with Crippen LogP contribution in [-0.2, 0) is 4.74 Å². The first kappa shape index (κ1) is 15.5. The topological polar surface area (TPSA) is 95.8 Å². The van der Waals surface area contributed by atoms with E-state index in [0.717, 1.165) is 43.0 Å². The first-order valence-corrected chi connectivity index (χ1v) is 7.82. The number of ether oxygens (including phenoxy) is 1. The van der Waals surface area contributed by atoms with E-state index >= 15 is 0 Å². The molecule has 0 bridgehead atoms. The molecule has 3 heterocycles. The number of hydrogen-bond donors (Lipinski definition) is 3. The van der Waals surface area contributed by atoms with Crippen LogP contribution in [0, 0.1) is 0 Å². The van der Waals surface area contributed by atoms with Crippen LogP contribution in [-0.4, -0.2) is 57.9 Å². The van der Waals surface area contributed by atoms with Crippen LogP contribution >= 0.6 is 0 Å². The molecule has 4 rings (SSSR count). The van der Waals surface area contributed by atoms with Crippen LogP contribution < -0.4 is 5.73 Å². The number of imidazole rings is 1. The lowest BCUT2D eigenvalue weighted by Gasteiger charge is -2.24. The first-order valence-electron chi connectivity index (χ1n) is 7.82. The molecule has 0 radical (unpaired) electrons. The maximum atomic E-state index is 5.74. The van der Waals surface area contributed by atoms with Gasteiger partial charge in [-0.15, -0.1) is 0 Å². The highest BCUT2D eigenvalue weighted by Gasteiger charge is 2.09. The van der Waals surface area contributed by atoms with Crippen molar-refractivity contribution in [3.05, 3.63) is 30.5 Å². The second-order valence-electron chi connectivity index (χ2n) is 5.35. The van der Waals surface area contributed by atoms with Gasteiger partial charge in [-0.1, -0.05) is 19.1 Å². The Balaban J connectivity index is 0.000000166. The lowest BCUT2D eigenvalue weighted by molar-refractivity contribution is 0.0405. The molecule has 1 saturated heterocycles. The summed E-state index contributed by atoms with van der Waals surface area (Å²) in [5.74, 6) is 0.714. The Hall–Kier alpha value is -2.38. The van der Waals surface area contributed by atoms with Gasteiger partial charge in [-0.3, -0.25) is 10.00 Å². The highest BCUT2D eigenvalue weighted by atomic mass is 16.5. The number of aromatic nitrogens is 4. The highest BCUT2D eigenvalue weighted by molar-refractivity contribution is 5.80. The van der Waals surface area contributed by atoms with Crippen molar-refractivity contribution >= 4 is 16.7 Å². The third-order valence-corrected chi connectivity index (χ3v) is 3.85. The van der Waals surface area contributed by atoms with Gasteiger partial charge in [0.05, 0.1) is 36.1 Å². The molecular weight excluding hydrogens is 292 g/mol. The Morgan fingerprint density at radius 1 is 1.26 bits per heavy atom. The number of likely N-dealkylation sites (N-methyl/N-ethyl adjacent to an activating group) is 1. The lowest BCUT2D eigenvalue weighted by Crippen LogP contribution is -2.35. The number of morpholine rings is 1. The monoisotopic (exact) mass is 314 g/mol. The standard InChI is InChI=1S/C10H9N5.C6H13NO/c11-6-5-12-15-9(6)10-13-7-3-1-2-4-8(7)14-10;1-2-7-3-5-8-6-4-7/h1-5H,11H2,(H,12,15)(H,13,14);2-6H2,1H3. The molecule has 0 amide bonds. The number of anilines is 1. The average molecular weight is 314 g/mol. The molecule has 7 heteroatoms. The number of H-pyrrole nitrogens is 2. The molecule has 0 atom stereocenters. The van der Waals surface area contributed by atoms with Gasteiger partial charge in [-0.05, 0) is 18.7 Å². The molecule has 7 nitrogen and oxygen atoms in total. The quantitative estimate of drug-likeness (QED) is 0.671. The summed E-state index contributed by atoms with van der Waals surface area (Å²) in [5, 5.41) is 6.67. The second kappa shape index (κ2) is 7.26. The van der Waals surface area contributed by atoms with Gasteiger partial charge in [0.1, 0.15) is 5.69 Å². The Bertz CT molecular complexity index is 711. The van der Waals surface area contributed by atoms with E-state index < -0.39 is 0 Å². The summed E-state index contributed by atoms with van der Waals surface area (Å²) in [6.45, 7) is 7.45. The first-order chi connectivity index (χ1) is 11.3. The summed E-state index contributed by atoms with van der Waals surface area (Å²) in [5.41, 5.74) is 8.97. The van der Waals surface area contributed by atoms with Crippen LogP contribution in [0.3, 0.4) is 0 Å². The predicted octanol–water partition coefficient (Wildman–Crippen LogP) is 1.87. The zero-order chi connectivity index (χ0) is 16.1. The van der Waals surface area contributed by atoms with Crippen molar-refractivity contribution in [1.82, 2.24) is 25.1 Å². The van der Waals surface area contributed by atoms with Gasteiger partial charge in [0.25, 0.3) is 0 Å². The summed E-state index contributed by atoms with van der Waals surface area (Å²) in [6.07, 6.45) is 1.57. The lowest BCUT2D eigenvalue weighted by atomic mass is 10.3. The molecule has 3 aromatic rings. The Labute approximate surface area is 134 Å². The molecule has 1 fully saturated rings. The number of aromatic amines is 2. The van der Waals surface area contributed by atoms with Crippen molar-refractivity contribution < 1.29 is 4.74 Å². The van der Waals surface area contributed by atoms with E-state index in [1.54, 1.807) is 6.20 Å². The predicted molar refractivity (Wildman–Crippen MR) is 91.0 cm³/mol. The van der Waals surface area contributed by atoms with Crippen molar-refractivity contribution in [2.45, 2.75) is 6.92 Å². The minimum Gasteiger partial charge on any atom is -0.396 e. The third kappa shape index (κ3) is 3.69. The number of nitrogen functional groups attached to an aromatic ring is 1. The summed E-state index contributed by atoms with van der Waals surface area (Å²) in [6, 6.07) is 7.82. The minimum absolute atomic E-state index is 0.592. The number of fused-ring (bicyclic) bond motifs is 1. The largest absolute Gasteiger partial charge is 0.396 e. The van der Waals surface area contributed by atoms with Crippen molar-refractivity contribution in [2.24, 2.45) is 0 Å². The normalized spacial score (nSPS) is 15.3. The molecule has 2 aromatic heterocycles. The summed E-state index contributed by atoms with van der Waals surface area (Å²) in [7, 11) is 0. The van der Waals surface area contributed by atoms with Gasteiger partial charge < -0.3 is 15.5 Å². The fourth-order valence-electron chi connectivity index (χ4n) is 2.47. The number of hydrogen-bond acceptors (Lipinski definition) is 5. The average Bonchev–Trinajstić information content (AvgIpc) is 3.21. The fraction of sp³-hybridized carbons (Fsp3) is 0.375. The maximum Gasteiger partial charge on any atom is 0.158 e. The Morgan fingerprint density at radius 2 is 2.04 bits per heavy atom. The van der Waals surface area contributed by atoms with Crippen LogP contribution in [0.1, 0.15) is 6.92 Å². The number of para-hydroxylation sites is 2. The van der Waals surface area contributed by atoms with E-state index in [0.29, 0.717) is 11.5 Å². The van der Waals surface area contributed by atoms with Crippen molar-refractivity contribution in [3.8, 4) is 11.5 Å². The van der Waals surface area contributed by atoms with Gasteiger partial charge in [-0.2, -0.15) is 5.10 Å². The van der Waals surface area contributed by atoms with Crippen LogP contribution in [0.25, 0.3) is 22.6 Å². The number of nitrogens with two attached hydrogens (primary N) is 1. The Kier molecular flexibility index (Phi) is 4.89. The van der Waals surface area contributed by atoms with E-state index in [1.165, 1.54) is 6.54 Å². The zero-order valence-electron chi connectivity index (χ0n) is 13.2. The second-order valence-corrected chi connectivity index (χ2v) is 5.35.